The molecule has 220 valence electrons. The van der Waals surface area contributed by atoms with Crippen molar-refractivity contribution in [3.05, 3.63) is 65.4 Å². The fourth-order valence-corrected chi connectivity index (χ4v) is 7.95. The highest BCUT2D eigenvalue weighted by Crippen LogP contribution is 2.38. The van der Waals surface area contributed by atoms with E-state index in [-0.39, 0.29) is 0 Å². The highest BCUT2D eigenvalue weighted by molar-refractivity contribution is 5.78. The smallest absolute Gasteiger partial charge is 0.150 e. The average Bonchev–Trinajstić information content (AvgIpc) is 3.17. The van der Waals surface area contributed by atoms with E-state index in [4.69, 9.17) is 0 Å². The van der Waals surface area contributed by atoms with Crippen LogP contribution in [0.3, 0.4) is 0 Å². The zero-order valence-electron chi connectivity index (χ0n) is 25.9. The lowest BCUT2D eigenvalue weighted by Crippen LogP contribution is -2.49. The third-order valence-electron chi connectivity index (χ3n) is 10.2. The predicted octanol–water partition coefficient (Wildman–Crippen LogP) is 8.22. The number of piperidine rings is 1. The first kappa shape index (κ1) is 30.6. The molecule has 2 aliphatic heterocycles. The zero-order chi connectivity index (χ0) is 28.5. The van der Waals surface area contributed by atoms with E-state index in [0.29, 0.717) is 11.8 Å². The Morgan fingerprint density at radius 3 is 2.58 bits per heavy atom. The zero-order valence-corrected chi connectivity index (χ0v) is 25.9. The Hall–Kier alpha value is -2.33. The standard InChI is InChI=1S/C36H55N3O/c1-6-13-30(8-3)28(5)33-19-18-29(27-40)25-36(33)39-24-23-38(34(9-4)32(26-39)14-7-2)22-21-37-20-12-16-31-15-10-11-17-35(31)37/h7,9,14,18-19,25,27-28,30-31,35H,4,6,8,10-13,15-17,20-24,26H2,1-3,5H3/b14-7-. The van der Waals surface area contributed by atoms with Crippen LogP contribution >= 0.6 is 0 Å². The molecular weight excluding hydrogens is 490 g/mol. The molecule has 1 aromatic carbocycles. The van der Waals surface area contributed by atoms with Crippen molar-refractivity contribution in [3.8, 4) is 0 Å². The summed E-state index contributed by atoms with van der Waals surface area (Å²) in [5, 5.41) is 0. The van der Waals surface area contributed by atoms with Gasteiger partial charge in [0.05, 0.1) is 0 Å². The van der Waals surface area contributed by atoms with Crippen molar-refractivity contribution < 1.29 is 4.79 Å². The number of likely N-dealkylation sites (tertiary alicyclic amines) is 1. The first-order valence-electron chi connectivity index (χ1n) is 16.4. The molecule has 4 heteroatoms. The maximum atomic E-state index is 11.9. The molecular formula is C36H55N3O. The van der Waals surface area contributed by atoms with Crippen molar-refractivity contribution >= 4 is 12.0 Å². The summed E-state index contributed by atoms with van der Waals surface area (Å²) in [6.45, 7) is 19.6. The average molecular weight is 546 g/mol. The van der Waals surface area contributed by atoms with Crippen molar-refractivity contribution in [2.24, 2.45) is 11.8 Å². The second-order valence-electron chi connectivity index (χ2n) is 12.5. The topological polar surface area (TPSA) is 26.8 Å². The molecule has 0 radical (unpaired) electrons. The molecule has 0 aromatic heterocycles. The van der Waals surface area contributed by atoms with Crippen LogP contribution in [-0.2, 0) is 0 Å². The third kappa shape index (κ3) is 7.11. The highest BCUT2D eigenvalue weighted by Gasteiger charge is 2.33. The number of aldehydes is 1. The molecule has 0 spiro atoms. The molecule has 4 nitrogen and oxygen atoms in total. The molecule has 4 rings (SSSR count). The lowest BCUT2D eigenvalue weighted by Gasteiger charge is -2.45. The number of fused-ring (bicyclic) bond motifs is 1. The Balaban J connectivity index is 1.60. The lowest BCUT2D eigenvalue weighted by atomic mass is 9.78. The molecule has 4 atom stereocenters. The summed E-state index contributed by atoms with van der Waals surface area (Å²) in [7, 11) is 0. The number of nitrogens with zero attached hydrogens (tertiary/aromatic N) is 3. The van der Waals surface area contributed by atoms with Gasteiger partial charge >= 0.3 is 0 Å². The Kier molecular flexibility index (Phi) is 11.5. The van der Waals surface area contributed by atoms with Gasteiger partial charge in [-0.25, -0.2) is 0 Å². The Morgan fingerprint density at radius 2 is 1.85 bits per heavy atom. The van der Waals surface area contributed by atoms with Gasteiger partial charge in [-0.2, -0.15) is 0 Å². The van der Waals surface area contributed by atoms with E-state index in [1.165, 1.54) is 86.9 Å². The third-order valence-corrected chi connectivity index (χ3v) is 10.2. The number of rotatable bonds is 12. The van der Waals surface area contributed by atoms with Gasteiger partial charge in [-0.05, 0) is 80.2 Å². The summed E-state index contributed by atoms with van der Waals surface area (Å²) in [5.41, 5.74) is 5.98. The fourth-order valence-electron chi connectivity index (χ4n) is 7.95. The maximum Gasteiger partial charge on any atom is 0.150 e. The summed E-state index contributed by atoms with van der Waals surface area (Å²) in [6.07, 6.45) is 19.6. The molecule has 2 fully saturated rings. The Morgan fingerprint density at radius 1 is 1.05 bits per heavy atom. The quantitative estimate of drug-likeness (QED) is 0.247. The van der Waals surface area contributed by atoms with Crippen LogP contribution in [0.25, 0.3) is 0 Å². The molecule has 40 heavy (non-hydrogen) atoms. The monoisotopic (exact) mass is 545 g/mol. The van der Waals surface area contributed by atoms with E-state index in [1.807, 2.05) is 6.07 Å². The number of anilines is 1. The molecule has 1 aliphatic carbocycles. The molecule has 3 aliphatic rings. The van der Waals surface area contributed by atoms with Crippen molar-refractivity contribution in [1.82, 2.24) is 9.80 Å². The van der Waals surface area contributed by atoms with E-state index < -0.39 is 0 Å². The summed E-state index contributed by atoms with van der Waals surface area (Å²) >= 11 is 0. The number of carbonyl (C=O) groups excluding carboxylic acids is 1. The van der Waals surface area contributed by atoms with Crippen molar-refractivity contribution in [2.75, 3.05) is 44.2 Å². The van der Waals surface area contributed by atoms with Crippen LogP contribution < -0.4 is 4.90 Å². The van der Waals surface area contributed by atoms with Gasteiger partial charge in [-0.3, -0.25) is 9.69 Å². The SMILES string of the molecule is C=CC1=C(/C=C\C)CN(c2cc(C=O)ccc2C(C)C(CC)CCC)CCN1CCN1CCCC2CCCCC21. The van der Waals surface area contributed by atoms with Crippen LogP contribution in [0.1, 0.15) is 107 Å². The molecule has 0 N–H and O–H groups in total. The van der Waals surface area contributed by atoms with Crippen LogP contribution in [0.15, 0.2) is 54.3 Å². The van der Waals surface area contributed by atoms with Crippen LogP contribution in [0.5, 0.6) is 0 Å². The minimum Gasteiger partial charge on any atom is -0.368 e. The minimum atomic E-state index is 0.454. The molecule has 1 saturated carbocycles. The number of hydrogen-bond donors (Lipinski definition) is 0. The largest absolute Gasteiger partial charge is 0.368 e. The van der Waals surface area contributed by atoms with E-state index >= 15 is 0 Å². The van der Waals surface area contributed by atoms with Gasteiger partial charge in [0, 0.05) is 55.7 Å². The summed E-state index contributed by atoms with van der Waals surface area (Å²) in [5.74, 6) is 2.02. The summed E-state index contributed by atoms with van der Waals surface area (Å²) in [4.78, 5) is 19.8. The van der Waals surface area contributed by atoms with Crippen molar-refractivity contribution in [1.29, 1.82) is 0 Å². The number of carbonyl (C=O) groups is 1. The highest BCUT2D eigenvalue weighted by atomic mass is 16.1. The van der Waals surface area contributed by atoms with Gasteiger partial charge < -0.3 is 9.80 Å². The first-order chi connectivity index (χ1) is 19.5. The molecule has 1 aromatic rings. The van der Waals surface area contributed by atoms with Gasteiger partial charge in [0.1, 0.15) is 6.29 Å². The van der Waals surface area contributed by atoms with Gasteiger partial charge in [0.25, 0.3) is 0 Å². The molecule has 2 heterocycles. The van der Waals surface area contributed by atoms with Gasteiger partial charge in [0.15, 0.2) is 0 Å². The minimum absolute atomic E-state index is 0.454. The fraction of sp³-hybridized carbons (Fsp3) is 0.639. The van der Waals surface area contributed by atoms with Gasteiger partial charge in [-0.1, -0.05) is 83.7 Å². The second kappa shape index (κ2) is 15.1. The van der Waals surface area contributed by atoms with Crippen LogP contribution in [0.4, 0.5) is 5.69 Å². The van der Waals surface area contributed by atoms with Crippen molar-refractivity contribution in [3.63, 3.8) is 0 Å². The lowest BCUT2D eigenvalue weighted by molar-refractivity contribution is 0.0554. The second-order valence-corrected chi connectivity index (χ2v) is 12.5. The van der Waals surface area contributed by atoms with E-state index in [0.717, 1.165) is 56.5 Å². The maximum absolute atomic E-state index is 11.9. The Bertz CT molecular complexity index is 1040. The number of benzene rings is 1. The summed E-state index contributed by atoms with van der Waals surface area (Å²) < 4.78 is 0. The molecule has 1 saturated heterocycles. The van der Waals surface area contributed by atoms with Crippen molar-refractivity contribution in [2.45, 2.75) is 97.4 Å². The van der Waals surface area contributed by atoms with E-state index in [9.17, 15) is 4.79 Å². The van der Waals surface area contributed by atoms with Crippen LogP contribution in [0, 0.1) is 11.8 Å². The molecule has 4 unspecified atom stereocenters. The van der Waals surface area contributed by atoms with Gasteiger partial charge in [-0.15, -0.1) is 0 Å². The summed E-state index contributed by atoms with van der Waals surface area (Å²) in [6, 6.07) is 7.18. The van der Waals surface area contributed by atoms with Gasteiger partial charge in [0.2, 0.25) is 0 Å². The van der Waals surface area contributed by atoms with E-state index in [2.05, 4.69) is 79.3 Å². The van der Waals surface area contributed by atoms with Crippen LogP contribution in [0.2, 0.25) is 0 Å². The first-order valence-corrected chi connectivity index (χ1v) is 16.4. The van der Waals surface area contributed by atoms with E-state index in [1.54, 1.807) is 0 Å². The number of allylic oxidation sites excluding steroid dienone is 2. The predicted molar refractivity (Wildman–Crippen MR) is 171 cm³/mol. The van der Waals surface area contributed by atoms with Crippen LogP contribution in [-0.4, -0.2) is 61.4 Å². The Labute approximate surface area is 245 Å². The number of hydrogen-bond acceptors (Lipinski definition) is 4. The molecule has 0 amide bonds. The normalized spacial score (nSPS) is 24.1. The molecule has 0 bridgehead atoms.